The topological polar surface area (TPSA) is 65.0 Å². The minimum atomic E-state index is 0.582. The summed E-state index contributed by atoms with van der Waals surface area (Å²) < 4.78 is 12.5. The summed E-state index contributed by atoms with van der Waals surface area (Å²) in [7, 11) is 0. The molecule has 0 saturated carbocycles. The van der Waals surface area contributed by atoms with Gasteiger partial charge in [0.15, 0.2) is 17.5 Å². The summed E-state index contributed by atoms with van der Waals surface area (Å²) in [6.07, 6.45) is 0. The Bertz CT molecular complexity index is 2500. The summed E-state index contributed by atoms with van der Waals surface area (Å²) in [4.78, 5) is 14.9. The largest absolute Gasteiger partial charge is 0.456 e. The highest BCUT2D eigenvalue weighted by Crippen LogP contribution is 2.38. The van der Waals surface area contributed by atoms with E-state index in [1.54, 1.807) is 0 Å². The monoisotopic (exact) mass is 565 g/mol. The fraction of sp³-hybridized carbons (Fsp3) is 0. The molecule has 0 spiro atoms. The Kier molecular flexibility index (Phi) is 5.43. The van der Waals surface area contributed by atoms with Gasteiger partial charge in [-0.05, 0) is 53.6 Å². The van der Waals surface area contributed by atoms with Crippen LogP contribution in [-0.4, -0.2) is 15.0 Å². The summed E-state index contributed by atoms with van der Waals surface area (Å²) in [6, 6.07) is 47.0. The normalized spacial score (nSPS) is 11.6. The fourth-order valence-electron chi connectivity index (χ4n) is 6.04. The van der Waals surface area contributed by atoms with E-state index in [0.717, 1.165) is 71.7 Å². The molecule has 0 aliphatic rings. The molecule has 0 N–H and O–H groups in total. The second kappa shape index (κ2) is 9.75. The molecule has 9 aromatic rings. The molecule has 0 aliphatic heterocycles. The summed E-state index contributed by atoms with van der Waals surface area (Å²) in [5.74, 6) is 1.78. The first-order valence-electron chi connectivity index (χ1n) is 14.5. The highest BCUT2D eigenvalue weighted by atomic mass is 16.3. The maximum atomic E-state index is 6.29. The van der Waals surface area contributed by atoms with E-state index in [4.69, 9.17) is 23.8 Å². The van der Waals surface area contributed by atoms with E-state index in [0.29, 0.717) is 17.5 Å². The van der Waals surface area contributed by atoms with Crippen molar-refractivity contribution in [1.29, 1.82) is 0 Å². The molecule has 3 heterocycles. The van der Waals surface area contributed by atoms with Gasteiger partial charge >= 0.3 is 0 Å². The van der Waals surface area contributed by atoms with E-state index in [9.17, 15) is 0 Å². The van der Waals surface area contributed by atoms with Crippen molar-refractivity contribution in [3.05, 3.63) is 140 Å². The van der Waals surface area contributed by atoms with Gasteiger partial charge in [0.25, 0.3) is 0 Å². The zero-order valence-corrected chi connectivity index (χ0v) is 23.4. The van der Waals surface area contributed by atoms with Gasteiger partial charge in [-0.1, -0.05) is 97.1 Å². The first-order chi connectivity index (χ1) is 21.8. The number of para-hydroxylation sites is 1. The van der Waals surface area contributed by atoms with Gasteiger partial charge < -0.3 is 8.83 Å². The Morgan fingerprint density at radius 3 is 1.70 bits per heavy atom. The van der Waals surface area contributed by atoms with Gasteiger partial charge in [0.05, 0.1) is 0 Å². The highest BCUT2D eigenvalue weighted by Gasteiger charge is 2.17. The average Bonchev–Trinajstić information content (AvgIpc) is 3.66. The number of aromatic nitrogens is 3. The Balaban J connectivity index is 1.25. The first kappa shape index (κ1) is 24.5. The van der Waals surface area contributed by atoms with E-state index in [2.05, 4.69) is 54.6 Å². The second-order valence-corrected chi connectivity index (χ2v) is 10.8. The molecular formula is C39H23N3O2. The number of nitrogens with zero attached hydrogens (tertiary/aromatic N) is 3. The Hall–Kier alpha value is -6.07. The summed E-state index contributed by atoms with van der Waals surface area (Å²) in [5, 5.41) is 4.24. The predicted molar refractivity (Wildman–Crippen MR) is 176 cm³/mol. The van der Waals surface area contributed by atoms with Gasteiger partial charge in [-0.2, -0.15) is 0 Å². The van der Waals surface area contributed by atoms with Crippen molar-refractivity contribution >= 4 is 43.9 Å². The molecule has 3 aromatic heterocycles. The lowest BCUT2D eigenvalue weighted by atomic mass is 9.99. The molecule has 0 amide bonds. The molecule has 0 aliphatic carbocycles. The van der Waals surface area contributed by atoms with E-state index in [1.807, 2.05) is 84.9 Å². The summed E-state index contributed by atoms with van der Waals surface area (Å²) in [6.45, 7) is 0. The zero-order valence-electron chi connectivity index (χ0n) is 23.4. The van der Waals surface area contributed by atoms with Crippen molar-refractivity contribution < 1.29 is 8.83 Å². The van der Waals surface area contributed by atoms with Gasteiger partial charge in [0.2, 0.25) is 0 Å². The number of fused-ring (bicyclic) bond motifs is 6. The van der Waals surface area contributed by atoms with Crippen molar-refractivity contribution in [3.8, 4) is 45.3 Å². The Morgan fingerprint density at radius 1 is 0.341 bits per heavy atom. The minimum Gasteiger partial charge on any atom is -0.456 e. The van der Waals surface area contributed by atoms with E-state index >= 15 is 0 Å². The Morgan fingerprint density at radius 2 is 0.909 bits per heavy atom. The molecule has 0 atom stereocenters. The second-order valence-electron chi connectivity index (χ2n) is 10.8. The maximum Gasteiger partial charge on any atom is 0.164 e. The van der Waals surface area contributed by atoms with Crippen LogP contribution in [0.4, 0.5) is 0 Å². The molecular weight excluding hydrogens is 542 g/mol. The van der Waals surface area contributed by atoms with E-state index < -0.39 is 0 Å². The van der Waals surface area contributed by atoms with Gasteiger partial charge in [0, 0.05) is 38.2 Å². The van der Waals surface area contributed by atoms with Crippen molar-refractivity contribution in [1.82, 2.24) is 15.0 Å². The summed E-state index contributed by atoms with van der Waals surface area (Å²) >= 11 is 0. The zero-order chi connectivity index (χ0) is 29.0. The molecule has 44 heavy (non-hydrogen) atoms. The third-order valence-corrected chi connectivity index (χ3v) is 8.14. The number of benzene rings is 6. The third kappa shape index (κ3) is 3.98. The molecule has 0 radical (unpaired) electrons. The molecule has 9 rings (SSSR count). The summed E-state index contributed by atoms with van der Waals surface area (Å²) in [5.41, 5.74) is 8.25. The number of hydrogen-bond donors (Lipinski definition) is 0. The molecule has 6 aromatic carbocycles. The lowest BCUT2D eigenvalue weighted by Crippen LogP contribution is -2.00. The van der Waals surface area contributed by atoms with Crippen LogP contribution in [0.25, 0.3) is 89.2 Å². The Labute approximate surface area is 252 Å². The average molecular weight is 566 g/mol. The number of furan rings is 2. The lowest BCUT2D eigenvalue weighted by Gasteiger charge is -2.09. The van der Waals surface area contributed by atoms with Gasteiger partial charge in [-0.3, -0.25) is 0 Å². The molecule has 0 fully saturated rings. The van der Waals surface area contributed by atoms with Crippen LogP contribution in [0.2, 0.25) is 0 Å². The molecule has 0 saturated heterocycles. The van der Waals surface area contributed by atoms with Crippen LogP contribution in [0.15, 0.2) is 148 Å². The SMILES string of the molecule is c1ccc(-c2nc(-c3ccc4c(c3)oc3ccccc34)nc(-c3ccc4oc5cccc(-c6ccccc6)c5c4c3)n2)cc1. The molecule has 5 nitrogen and oxygen atoms in total. The molecule has 0 bridgehead atoms. The van der Waals surface area contributed by atoms with Crippen molar-refractivity contribution in [3.63, 3.8) is 0 Å². The minimum absolute atomic E-state index is 0.582. The van der Waals surface area contributed by atoms with Crippen LogP contribution in [0, 0.1) is 0 Å². The van der Waals surface area contributed by atoms with Gasteiger partial charge in [0.1, 0.15) is 22.3 Å². The quantitative estimate of drug-likeness (QED) is 0.212. The fourth-order valence-corrected chi connectivity index (χ4v) is 6.04. The van der Waals surface area contributed by atoms with Crippen LogP contribution in [-0.2, 0) is 0 Å². The highest BCUT2D eigenvalue weighted by molar-refractivity contribution is 6.13. The molecule has 206 valence electrons. The van der Waals surface area contributed by atoms with Gasteiger partial charge in [-0.15, -0.1) is 0 Å². The van der Waals surface area contributed by atoms with Crippen LogP contribution in [0.1, 0.15) is 0 Å². The van der Waals surface area contributed by atoms with Crippen molar-refractivity contribution in [2.75, 3.05) is 0 Å². The van der Waals surface area contributed by atoms with Crippen molar-refractivity contribution in [2.45, 2.75) is 0 Å². The number of hydrogen-bond acceptors (Lipinski definition) is 5. The van der Waals surface area contributed by atoms with E-state index in [-0.39, 0.29) is 0 Å². The van der Waals surface area contributed by atoms with Crippen LogP contribution < -0.4 is 0 Å². The van der Waals surface area contributed by atoms with E-state index in [1.165, 1.54) is 0 Å². The van der Waals surface area contributed by atoms with Crippen LogP contribution >= 0.6 is 0 Å². The molecule has 0 unspecified atom stereocenters. The maximum absolute atomic E-state index is 6.29. The third-order valence-electron chi connectivity index (χ3n) is 8.14. The molecule has 5 heteroatoms. The first-order valence-corrected chi connectivity index (χ1v) is 14.5. The smallest absolute Gasteiger partial charge is 0.164 e. The number of rotatable bonds is 4. The lowest BCUT2D eigenvalue weighted by molar-refractivity contribution is 0.668. The van der Waals surface area contributed by atoms with Crippen LogP contribution in [0.5, 0.6) is 0 Å². The predicted octanol–water partition coefficient (Wildman–Crippen LogP) is 10.3. The standard InChI is InChI=1S/C39H23N3O2/c1-3-10-24(11-4-1)28-15-9-17-34-36(28)31-22-26(19-21-33(31)43-34)38-40-37(25-12-5-2-6-13-25)41-39(42-38)27-18-20-30-29-14-7-8-16-32(29)44-35(30)23-27/h1-23H. The van der Waals surface area contributed by atoms with Gasteiger partial charge in [-0.25, -0.2) is 15.0 Å². The van der Waals surface area contributed by atoms with Crippen molar-refractivity contribution in [2.24, 2.45) is 0 Å². The van der Waals surface area contributed by atoms with Crippen LogP contribution in [0.3, 0.4) is 0 Å².